The van der Waals surface area contributed by atoms with E-state index in [1.807, 2.05) is 84.9 Å². The van der Waals surface area contributed by atoms with Gasteiger partial charge < -0.3 is 14.4 Å². The van der Waals surface area contributed by atoms with E-state index in [-0.39, 0.29) is 65.0 Å². The van der Waals surface area contributed by atoms with Crippen LogP contribution >= 0.6 is 23.5 Å². The molecule has 0 radical (unpaired) electrons. The summed E-state index contributed by atoms with van der Waals surface area (Å²) in [4.78, 5) is 5.81. The Bertz CT molecular complexity index is 434. The van der Waals surface area contributed by atoms with Crippen molar-refractivity contribution < 1.29 is 9.47 Å². The summed E-state index contributed by atoms with van der Waals surface area (Å²) in [5.41, 5.74) is 2.55. The number of hydrogen-bond donors (Lipinski definition) is 0. The first-order valence-corrected chi connectivity index (χ1v) is 17.0. The summed E-state index contributed by atoms with van der Waals surface area (Å²) in [6.45, 7) is 39.0. The lowest BCUT2D eigenvalue weighted by atomic mass is 9.71. The van der Waals surface area contributed by atoms with E-state index in [1.165, 1.54) is 0 Å². The van der Waals surface area contributed by atoms with Gasteiger partial charge in [0.15, 0.2) is 0 Å². The Hall–Kier alpha value is 0.250. The van der Waals surface area contributed by atoms with Gasteiger partial charge >= 0.3 is 0 Å². The third-order valence-corrected chi connectivity index (χ3v) is 5.15. The number of hydrogen-bond acceptors (Lipinski definition) is 6. The zero-order valence-corrected chi connectivity index (χ0v) is 35.2. The standard InChI is InChI=1S/C8H18.C5H12O.C5H12S.C5H12.C4H9N.C3H9N.C2H6O.C2H6S.8CH4/c1-7(2,3)8(4,5)6;2*1-5(2,3)6-4;1-5(2,3)4;1-4(2)5-3;1-4(2)3;2*1-3-2;;;;;;;;/h1-6H3;2*1-4H3;1-4H3;1-3H3;1-3H3;2*1-2H3;8*1H4. The van der Waals surface area contributed by atoms with Crippen LogP contribution in [0.5, 0.6) is 0 Å². The molecule has 0 spiro atoms. The molecule has 0 aromatic carbocycles. The van der Waals surface area contributed by atoms with Gasteiger partial charge in [0.1, 0.15) is 0 Å². The van der Waals surface area contributed by atoms with Gasteiger partial charge in [-0.05, 0) is 90.8 Å². The van der Waals surface area contributed by atoms with Gasteiger partial charge in [0, 0.05) is 38.8 Å². The molecule has 0 atom stereocenters. The van der Waals surface area contributed by atoms with Crippen molar-refractivity contribution in [2.24, 2.45) is 21.2 Å². The van der Waals surface area contributed by atoms with E-state index in [1.54, 1.807) is 40.1 Å². The largest absolute Gasteiger partial charge is 0.388 e. The monoisotopic (exact) mass is 745 g/mol. The van der Waals surface area contributed by atoms with E-state index >= 15 is 0 Å². The lowest BCUT2D eigenvalue weighted by Crippen LogP contribution is -2.25. The zero-order chi connectivity index (χ0) is 35.2. The van der Waals surface area contributed by atoms with Crippen molar-refractivity contribution in [3.05, 3.63) is 0 Å². The van der Waals surface area contributed by atoms with Crippen LogP contribution in [0.25, 0.3) is 0 Å². The number of rotatable bonds is 0. The molecule has 0 aromatic rings. The predicted octanol–water partition coefficient (Wildman–Crippen LogP) is 16.3. The first kappa shape index (κ1) is 104. The Morgan fingerprint density at radius 1 is 0.521 bits per heavy atom. The van der Waals surface area contributed by atoms with Gasteiger partial charge in [-0.2, -0.15) is 23.5 Å². The van der Waals surface area contributed by atoms with Gasteiger partial charge in [0.05, 0.1) is 5.60 Å². The predicted molar refractivity (Wildman–Crippen MR) is 255 cm³/mol. The molecule has 0 fully saturated rings. The second kappa shape index (κ2) is 59.4. The summed E-state index contributed by atoms with van der Waals surface area (Å²) < 4.78 is 9.65. The molecule has 0 saturated carbocycles. The average molecular weight is 746 g/mol. The van der Waals surface area contributed by atoms with E-state index in [0.29, 0.717) is 21.0 Å². The first-order chi connectivity index (χ1) is 17.2. The van der Waals surface area contributed by atoms with Crippen LogP contribution in [0.15, 0.2) is 4.99 Å². The molecule has 0 saturated heterocycles. The van der Waals surface area contributed by atoms with Crippen LogP contribution in [0, 0.1) is 16.2 Å². The number of methoxy groups -OCH3 is 2. The van der Waals surface area contributed by atoms with E-state index < -0.39 is 0 Å². The minimum atomic E-state index is 0. The van der Waals surface area contributed by atoms with Crippen molar-refractivity contribution in [3.8, 4) is 0 Å². The van der Waals surface area contributed by atoms with E-state index in [0.717, 1.165) is 5.71 Å². The molecule has 0 bridgehead atoms. The van der Waals surface area contributed by atoms with E-state index in [2.05, 4.69) is 106 Å². The van der Waals surface area contributed by atoms with Gasteiger partial charge in [0.2, 0.25) is 0 Å². The fourth-order valence-corrected chi connectivity index (χ4v) is 0. The van der Waals surface area contributed by atoms with Crippen molar-refractivity contribution in [1.29, 1.82) is 0 Å². The minimum absolute atomic E-state index is 0. The van der Waals surface area contributed by atoms with Crippen molar-refractivity contribution in [3.63, 3.8) is 0 Å². The molecule has 0 amide bonds. The highest BCUT2D eigenvalue weighted by Gasteiger charge is 2.26. The van der Waals surface area contributed by atoms with Crippen molar-refractivity contribution in [2.75, 3.05) is 68.3 Å². The third-order valence-electron chi connectivity index (χ3n) is 3.92. The summed E-state index contributed by atoms with van der Waals surface area (Å²) in [7, 11) is 12.7. The van der Waals surface area contributed by atoms with E-state index in [9.17, 15) is 0 Å². The molecule has 48 heavy (non-hydrogen) atoms. The lowest BCUT2D eigenvalue weighted by molar-refractivity contribution is 0.0397. The highest BCUT2D eigenvalue weighted by atomic mass is 32.2. The molecule has 0 aliphatic rings. The molecule has 0 aliphatic carbocycles. The molecule has 0 N–H and O–H groups in total. The normalized spacial score (nSPS) is 8.85. The number of aliphatic imine (C=N–C) groups is 1. The van der Waals surface area contributed by atoms with Crippen molar-refractivity contribution in [2.45, 2.75) is 194 Å². The summed E-state index contributed by atoms with van der Waals surface area (Å²) in [5.74, 6) is 0. The Morgan fingerprint density at radius 2 is 0.604 bits per heavy atom. The number of thioether (sulfide) groups is 2. The molecular formula is C42H116N2O2S2. The summed E-state index contributed by atoms with van der Waals surface area (Å²) >= 11 is 3.63. The second-order valence-electron chi connectivity index (χ2n) is 15.5. The van der Waals surface area contributed by atoms with Crippen molar-refractivity contribution in [1.82, 2.24) is 4.90 Å². The van der Waals surface area contributed by atoms with Gasteiger partial charge in [-0.25, -0.2) is 0 Å². The van der Waals surface area contributed by atoms with Crippen molar-refractivity contribution >= 4 is 29.2 Å². The zero-order valence-electron chi connectivity index (χ0n) is 33.5. The maximum atomic E-state index is 4.94. The van der Waals surface area contributed by atoms with Gasteiger partial charge in [-0.1, -0.05) is 149 Å². The number of nitrogens with zero attached hydrogens (tertiary/aromatic N) is 2. The fraction of sp³-hybridized carbons (Fsp3) is 0.976. The molecular weight excluding hydrogens is 629 g/mol. The van der Waals surface area contributed by atoms with Crippen LogP contribution in [-0.4, -0.2) is 89.2 Å². The van der Waals surface area contributed by atoms with Crippen LogP contribution < -0.4 is 0 Å². The molecule has 4 nitrogen and oxygen atoms in total. The quantitative estimate of drug-likeness (QED) is 0.231. The first-order valence-electron chi connectivity index (χ1n) is 14.1. The Kier molecular flexibility index (Phi) is 128. The molecule has 318 valence electrons. The maximum Gasteiger partial charge on any atom is 0.0594 e. The van der Waals surface area contributed by atoms with E-state index in [4.69, 9.17) is 4.74 Å². The molecule has 0 rings (SSSR count). The number of ether oxygens (including phenoxy) is 2. The highest BCUT2D eigenvalue weighted by Crippen LogP contribution is 2.36. The Morgan fingerprint density at radius 3 is 0.604 bits per heavy atom. The third kappa shape index (κ3) is 318. The van der Waals surface area contributed by atoms with Gasteiger partial charge in [-0.3, -0.25) is 4.99 Å². The maximum absolute atomic E-state index is 4.94. The molecule has 0 aliphatic heterocycles. The fourth-order valence-electron chi connectivity index (χ4n) is 0. The highest BCUT2D eigenvalue weighted by molar-refractivity contribution is 7.99. The summed E-state index contributed by atoms with van der Waals surface area (Å²) in [5, 5.41) is 0. The van der Waals surface area contributed by atoms with Crippen LogP contribution in [0.4, 0.5) is 0 Å². The summed E-state index contributed by atoms with van der Waals surface area (Å²) in [6, 6.07) is 0. The molecule has 0 unspecified atom stereocenters. The van der Waals surface area contributed by atoms with Crippen LogP contribution in [0.1, 0.15) is 184 Å². The van der Waals surface area contributed by atoms with Crippen LogP contribution in [0.2, 0.25) is 0 Å². The molecule has 0 heterocycles. The molecule has 0 aromatic heterocycles. The summed E-state index contributed by atoms with van der Waals surface area (Å²) in [6.07, 6.45) is 6.21. The molecule has 6 heteroatoms. The SMILES string of the molecule is C.C.C.C.C.C.C.C.CC(C)(C)C.CC(C)(C)C(C)(C)C.CN(C)C.CN=C(C)C.COC.COC(C)(C)C.CSC.CSC(C)(C)C. The Labute approximate surface area is 326 Å². The second-order valence-corrected chi connectivity index (χ2v) is 17.9. The average Bonchev–Trinajstić information content (AvgIpc) is 2.66. The lowest BCUT2D eigenvalue weighted by Gasteiger charge is -2.34. The topological polar surface area (TPSA) is 34.1 Å². The Balaban J connectivity index is -0.0000000173. The minimum Gasteiger partial charge on any atom is -0.388 e. The van der Waals surface area contributed by atoms with Gasteiger partial charge in [-0.15, -0.1) is 0 Å². The van der Waals surface area contributed by atoms with Crippen LogP contribution in [0.3, 0.4) is 0 Å². The van der Waals surface area contributed by atoms with Crippen LogP contribution in [-0.2, 0) is 9.47 Å². The van der Waals surface area contributed by atoms with Gasteiger partial charge in [0.25, 0.3) is 0 Å². The smallest absolute Gasteiger partial charge is 0.0594 e.